The normalized spacial score (nSPS) is 12.3. The number of rotatable bonds is 3. The average molecular weight is 346 g/mol. The van der Waals surface area contributed by atoms with Crippen molar-refractivity contribution in [3.8, 4) is 11.5 Å². The van der Waals surface area contributed by atoms with Crippen molar-refractivity contribution in [2.45, 2.75) is 13.0 Å². The molecule has 0 aromatic heterocycles. The number of aliphatic hydroxyl groups excluding tert-OH is 1. The van der Waals surface area contributed by atoms with Gasteiger partial charge in [0.25, 0.3) is 0 Å². The molecule has 0 unspecified atom stereocenters. The molecule has 2 aromatic rings. The number of benzene rings is 2. The highest BCUT2D eigenvalue weighted by atomic mass is 79.9. The Morgan fingerprint density at radius 3 is 2.63 bits per heavy atom. The maximum absolute atomic E-state index is 13.7. The molecule has 1 N–H and O–H groups in total. The molecule has 0 saturated carbocycles. The number of halogens is 3. The van der Waals surface area contributed by atoms with Gasteiger partial charge >= 0.3 is 0 Å². The summed E-state index contributed by atoms with van der Waals surface area (Å²) in [6.07, 6.45) is -0.956. The Balaban J connectivity index is 2.41. The Labute approximate surface area is 123 Å². The van der Waals surface area contributed by atoms with Crippen LogP contribution in [0.15, 0.2) is 40.9 Å². The first-order valence-corrected chi connectivity index (χ1v) is 6.75. The fourth-order valence-electron chi connectivity index (χ4n) is 1.69. The molecule has 0 aliphatic rings. The highest BCUT2D eigenvalue weighted by Crippen LogP contribution is 2.36. The SMILES string of the molecule is C[C@H](O)c1c(F)cccc1Oc1ccc(Cl)cc1Br. The van der Waals surface area contributed by atoms with Gasteiger partial charge in [-0.2, -0.15) is 0 Å². The number of ether oxygens (including phenoxy) is 1. The Bertz CT molecular complexity index is 602. The van der Waals surface area contributed by atoms with E-state index in [1.807, 2.05) is 0 Å². The van der Waals surface area contributed by atoms with Gasteiger partial charge < -0.3 is 9.84 Å². The number of hydrogen-bond donors (Lipinski definition) is 1. The lowest BCUT2D eigenvalue weighted by Gasteiger charge is -2.14. The van der Waals surface area contributed by atoms with Crippen LogP contribution in [0.1, 0.15) is 18.6 Å². The van der Waals surface area contributed by atoms with Crippen LogP contribution in [0.3, 0.4) is 0 Å². The Hall–Kier alpha value is -1.10. The highest BCUT2D eigenvalue weighted by molar-refractivity contribution is 9.10. The van der Waals surface area contributed by atoms with E-state index >= 15 is 0 Å². The van der Waals surface area contributed by atoms with E-state index in [1.165, 1.54) is 19.1 Å². The van der Waals surface area contributed by atoms with Gasteiger partial charge in [-0.15, -0.1) is 0 Å². The van der Waals surface area contributed by atoms with Crippen LogP contribution in [0, 0.1) is 5.82 Å². The summed E-state index contributed by atoms with van der Waals surface area (Å²) in [6.45, 7) is 1.49. The van der Waals surface area contributed by atoms with Crippen LogP contribution >= 0.6 is 27.5 Å². The summed E-state index contributed by atoms with van der Waals surface area (Å²) >= 11 is 9.16. The topological polar surface area (TPSA) is 29.5 Å². The maximum atomic E-state index is 13.7. The molecular formula is C14H11BrClFO2. The zero-order chi connectivity index (χ0) is 14.0. The molecule has 0 saturated heterocycles. The molecule has 2 aromatic carbocycles. The van der Waals surface area contributed by atoms with Gasteiger partial charge in [-0.1, -0.05) is 17.7 Å². The fraction of sp³-hybridized carbons (Fsp3) is 0.143. The van der Waals surface area contributed by atoms with Crippen molar-refractivity contribution in [2.75, 3.05) is 0 Å². The van der Waals surface area contributed by atoms with Crippen molar-refractivity contribution in [3.05, 3.63) is 57.3 Å². The van der Waals surface area contributed by atoms with E-state index in [9.17, 15) is 9.50 Å². The summed E-state index contributed by atoms with van der Waals surface area (Å²) in [4.78, 5) is 0. The first-order valence-electron chi connectivity index (χ1n) is 5.58. The molecule has 2 nitrogen and oxygen atoms in total. The van der Waals surface area contributed by atoms with Gasteiger partial charge in [0.05, 0.1) is 16.1 Å². The largest absolute Gasteiger partial charge is 0.456 e. The van der Waals surface area contributed by atoms with E-state index in [2.05, 4.69) is 15.9 Å². The lowest BCUT2D eigenvalue weighted by Crippen LogP contribution is -2.00. The molecular weight excluding hydrogens is 335 g/mol. The summed E-state index contributed by atoms with van der Waals surface area (Å²) in [7, 11) is 0. The first kappa shape index (κ1) is 14.3. The molecule has 5 heteroatoms. The zero-order valence-corrected chi connectivity index (χ0v) is 12.4. The van der Waals surface area contributed by atoms with Gasteiger partial charge in [0.1, 0.15) is 17.3 Å². The molecule has 1 atom stereocenters. The van der Waals surface area contributed by atoms with E-state index in [0.717, 1.165) is 0 Å². The van der Waals surface area contributed by atoms with Crippen LogP contribution in [-0.2, 0) is 0 Å². The van der Waals surface area contributed by atoms with Crippen molar-refractivity contribution < 1.29 is 14.2 Å². The van der Waals surface area contributed by atoms with Crippen molar-refractivity contribution in [1.29, 1.82) is 0 Å². The van der Waals surface area contributed by atoms with E-state index < -0.39 is 11.9 Å². The minimum absolute atomic E-state index is 0.129. The maximum Gasteiger partial charge on any atom is 0.141 e. The quantitative estimate of drug-likeness (QED) is 0.840. The molecule has 0 spiro atoms. The van der Waals surface area contributed by atoms with Gasteiger partial charge in [-0.05, 0) is 53.2 Å². The van der Waals surface area contributed by atoms with E-state index in [4.69, 9.17) is 16.3 Å². The molecule has 0 fully saturated rings. The van der Waals surface area contributed by atoms with Gasteiger partial charge in [0, 0.05) is 5.02 Å². The van der Waals surface area contributed by atoms with Crippen molar-refractivity contribution in [2.24, 2.45) is 0 Å². The standard InChI is InChI=1S/C14H11BrClFO2/c1-8(18)14-11(17)3-2-4-13(14)19-12-6-5-9(16)7-10(12)15/h2-8,18H,1H3/t8-/m0/s1. The second-order valence-electron chi connectivity index (χ2n) is 4.00. The van der Waals surface area contributed by atoms with Crippen LogP contribution in [0.2, 0.25) is 5.02 Å². The predicted molar refractivity (Wildman–Crippen MR) is 76.3 cm³/mol. The monoisotopic (exact) mass is 344 g/mol. The summed E-state index contributed by atoms with van der Waals surface area (Å²) < 4.78 is 20.0. The molecule has 19 heavy (non-hydrogen) atoms. The minimum Gasteiger partial charge on any atom is -0.456 e. The fourth-order valence-corrected chi connectivity index (χ4v) is 2.45. The van der Waals surface area contributed by atoms with E-state index in [-0.39, 0.29) is 11.3 Å². The highest BCUT2D eigenvalue weighted by Gasteiger charge is 2.16. The van der Waals surface area contributed by atoms with Gasteiger partial charge in [-0.3, -0.25) is 0 Å². The van der Waals surface area contributed by atoms with E-state index in [0.29, 0.717) is 15.2 Å². The van der Waals surface area contributed by atoms with Crippen LogP contribution < -0.4 is 4.74 Å². The second kappa shape index (κ2) is 5.90. The molecule has 0 bridgehead atoms. The van der Waals surface area contributed by atoms with Gasteiger partial charge in [0.15, 0.2) is 0 Å². The van der Waals surface area contributed by atoms with Crippen LogP contribution in [0.25, 0.3) is 0 Å². The predicted octanol–water partition coefficient (Wildman–Crippen LogP) is 5.09. The van der Waals surface area contributed by atoms with Crippen molar-refractivity contribution in [1.82, 2.24) is 0 Å². The first-order chi connectivity index (χ1) is 8.99. The number of aliphatic hydroxyl groups is 1. The summed E-state index contributed by atoms with van der Waals surface area (Å²) in [6, 6.07) is 9.43. The Kier molecular flexibility index (Phi) is 4.45. The van der Waals surface area contributed by atoms with Gasteiger partial charge in [0.2, 0.25) is 0 Å². The Morgan fingerprint density at radius 2 is 2.00 bits per heavy atom. The van der Waals surface area contributed by atoms with Crippen LogP contribution in [0.4, 0.5) is 4.39 Å². The molecule has 0 radical (unpaired) electrons. The molecule has 0 amide bonds. The average Bonchev–Trinajstić information content (AvgIpc) is 2.32. The van der Waals surface area contributed by atoms with Crippen LogP contribution in [0.5, 0.6) is 11.5 Å². The molecule has 0 heterocycles. The molecule has 0 aliphatic heterocycles. The third-order valence-electron chi connectivity index (χ3n) is 2.54. The molecule has 0 aliphatic carbocycles. The zero-order valence-electron chi connectivity index (χ0n) is 10.0. The van der Waals surface area contributed by atoms with Crippen molar-refractivity contribution in [3.63, 3.8) is 0 Å². The summed E-state index contributed by atoms with van der Waals surface area (Å²) in [5.74, 6) is 0.271. The smallest absolute Gasteiger partial charge is 0.141 e. The molecule has 2 rings (SSSR count). The van der Waals surface area contributed by atoms with Crippen molar-refractivity contribution >= 4 is 27.5 Å². The Morgan fingerprint density at radius 1 is 1.26 bits per heavy atom. The summed E-state index contributed by atoms with van der Waals surface area (Å²) in [5, 5.41) is 10.2. The second-order valence-corrected chi connectivity index (χ2v) is 5.30. The lowest BCUT2D eigenvalue weighted by molar-refractivity contribution is 0.190. The van der Waals surface area contributed by atoms with E-state index in [1.54, 1.807) is 24.3 Å². The third kappa shape index (κ3) is 3.26. The minimum atomic E-state index is -0.956. The third-order valence-corrected chi connectivity index (χ3v) is 3.40. The number of hydrogen-bond acceptors (Lipinski definition) is 2. The lowest BCUT2D eigenvalue weighted by atomic mass is 10.1. The summed E-state index contributed by atoms with van der Waals surface area (Å²) in [5.41, 5.74) is 0.129. The molecule has 100 valence electrons. The van der Waals surface area contributed by atoms with Crippen LogP contribution in [-0.4, -0.2) is 5.11 Å². The van der Waals surface area contributed by atoms with Gasteiger partial charge in [-0.25, -0.2) is 4.39 Å².